The van der Waals surface area contributed by atoms with Gasteiger partial charge in [0.15, 0.2) is 0 Å². The zero-order valence-corrected chi connectivity index (χ0v) is 11.6. The van der Waals surface area contributed by atoms with Crippen molar-refractivity contribution in [3.8, 4) is 0 Å². The number of hydrogen-bond acceptors (Lipinski definition) is 3. The lowest BCUT2D eigenvalue weighted by atomic mass is 10.1. The smallest absolute Gasteiger partial charge is 0.323 e. The molecule has 104 valence electrons. The maximum absolute atomic E-state index is 12.1. The lowest BCUT2D eigenvalue weighted by molar-refractivity contribution is 0.113. The Balaban J connectivity index is 1.82. The molecule has 1 aliphatic heterocycles. The van der Waals surface area contributed by atoms with Crippen molar-refractivity contribution in [1.82, 2.24) is 9.88 Å². The monoisotopic (exact) mass is 263 g/mol. The molecule has 0 aromatic carbocycles. The fraction of sp³-hybridized carbons (Fsp3) is 0.571. The third kappa shape index (κ3) is 3.92. The second kappa shape index (κ2) is 6.52. The van der Waals surface area contributed by atoms with Gasteiger partial charge in [-0.15, -0.1) is 0 Å². The van der Waals surface area contributed by atoms with Gasteiger partial charge in [0, 0.05) is 31.8 Å². The van der Waals surface area contributed by atoms with Crippen molar-refractivity contribution in [1.29, 1.82) is 0 Å². The summed E-state index contributed by atoms with van der Waals surface area (Å²) in [4.78, 5) is 18.1. The molecule has 1 saturated heterocycles. The first-order valence-corrected chi connectivity index (χ1v) is 6.75. The molecular weight excluding hydrogens is 242 g/mol. The molecule has 1 atom stereocenters. The van der Waals surface area contributed by atoms with Crippen LogP contribution in [0, 0.1) is 12.8 Å². The van der Waals surface area contributed by atoms with Gasteiger partial charge in [0.05, 0.1) is 6.61 Å². The summed E-state index contributed by atoms with van der Waals surface area (Å²) in [6.45, 7) is 6.98. The molecule has 1 N–H and O–H groups in total. The number of ether oxygens (including phenoxy) is 1. The highest BCUT2D eigenvalue weighted by atomic mass is 16.5. The first-order valence-electron chi connectivity index (χ1n) is 6.75. The molecule has 0 aliphatic carbocycles. The lowest BCUT2D eigenvalue weighted by Gasteiger charge is -2.17. The minimum Gasteiger partial charge on any atom is -0.381 e. The van der Waals surface area contributed by atoms with Gasteiger partial charge >= 0.3 is 6.03 Å². The van der Waals surface area contributed by atoms with Crippen LogP contribution in [-0.2, 0) is 4.74 Å². The molecule has 1 aromatic rings. The van der Waals surface area contributed by atoms with E-state index in [4.69, 9.17) is 4.74 Å². The Morgan fingerprint density at radius 3 is 3.11 bits per heavy atom. The Kier molecular flexibility index (Phi) is 4.74. The van der Waals surface area contributed by atoms with Gasteiger partial charge in [-0.25, -0.2) is 9.78 Å². The van der Waals surface area contributed by atoms with Crippen LogP contribution in [-0.4, -0.2) is 42.2 Å². The molecule has 1 fully saturated rings. The van der Waals surface area contributed by atoms with Crippen LogP contribution in [0.25, 0.3) is 0 Å². The highest BCUT2D eigenvalue weighted by Gasteiger charge is 2.26. The number of nitrogens with zero attached hydrogens (tertiary/aromatic N) is 2. The summed E-state index contributed by atoms with van der Waals surface area (Å²) < 4.78 is 5.41. The molecule has 2 amide bonds. The molecule has 2 rings (SSSR count). The SMILES string of the molecule is CCOC[C@@H]1CCN(C(=O)Nc2ccc(C)cn2)C1. The second-order valence-electron chi connectivity index (χ2n) is 4.91. The van der Waals surface area contributed by atoms with Crippen molar-refractivity contribution in [2.24, 2.45) is 5.92 Å². The largest absolute Gasteiger partial charge is 0.381 e. The molecule has 1 aliphatic rings. The number of nitrogens with one attached hydrogen (secondary N) is 1. The van der Waals surface area contributed by atoms with Crippen LogP contribution in [0.3, 0.4) is 0 Å². The summed E-state index contributed by atoms with van der Waals surface area (Å²) in [7, 11) is 0. The van der Waals surface area contributed by atoms with Gasteiger partial charge < -0.3 is 9.64 Å². The molecular formula is C14H21N3O2. The van der Waals surface area contributed by atoms with Crippen LogP contribution < -0.4 is 5.32 Å². The minimum atomic E-state index is -0.0737. The van der Waals surface area contributed by atoms with E-state index in [1.807, 2.05) is 30.9 Å². The number of carbonyl (C=O) groups is 1. The number of anilines is 1. The van der Waals surface area contributed by atoms with E-state index >= 15 is 0 Å². The predicted molar refractivity (Wildman–Crippen MR) is 74.2 cm³/mol. The number of hydrogen-bond donors (Lipinski definition) is 1. The van der Waals surface area contributed by atoms with Gasteiger partial charge in [-0.3, -0.25) is 5.32 Å². The number of aromatic nitrogens is 1. The normalized spacial score (nSPS) is 18.6. The number of pyridine rings is 1. The van der Waals surface area contributed by atoms with Gasteiger partial charge in [0.2, 0.25) is 0 Å². The third-order valence-electron chi connectivity index (χ3n) is 3.28. The molecule has 19 heavy (non-hydrogen) atoms. The van der Waals surface area contributed by atoms with E-state index < -0.39 is 0 Å². The summed E-state index contributed by atoms with van der Waals surface area (Å²) in [6, 6.07) is 3.68. The topological polar surface area (TPSA) is 54.5 Å². The zero-order valence-electron chi connectivity index (χ0n) is 11.6. The summed E-state index contributed by atoms with van der Waals surface area (Å²) in [5, 5.41) is 2.82. The number of amides is 2. The third-order valence-corrected chi connectivity index (χ3v) is 3.28. The van der Waals surface area contributed by atoms with E-state index in [1.165, 1.54) is 0 Å². The molecule has 5 heteroatoms. The van der Waals surface area contributed by atoms with Crippen molar-refractivity contribution < 1.29 is 9.53 Å². The molecule has 0 radical (unpaired) electrons. The number of aryl methyl sites for hydroxylation is 1. The van der Waals surface area contributed by atoms with Crippen LogP contribution in [0.1, 0.15) is 18.9 Å². The fourth-order valence-electron chi connectivity index (χ4n) is 2.17. The molecule has 5 nitrogen and oxygen atoms in total. The van der Waals surface area contributed by atoms with E-state index in [0.29, 0.717) is 11.7 Å². The maximum Gasteiger partial charge on any atom is 0.323 e. The lowest BCUT2D eigenvalue weighted by Crippen LogP contribution is -2.33. The molecule has 0 spiro atoms. The van der Waals surface area contributed by atoms with Gasteiger partial charge in [-0.05, 0) is 31.9 Å². The molecule has 0 saturated carbocycles. The van der Waals surface area contributed by atoms with E-state index in [1.54, 1.807) is 6.20 Å². The van der Waals surface area contributed by atoms with Crippen molar-refractivity contribution in [2.45, 2.75) is 20.3 Å². The quantitative estimate of drug-likeness (QED) is 0.906. The summed E-state index contributed by atoms with van der Waals surface area (Å²) in [5.74, 6) is 1.06. The predicted octanol–water partition coefficient (Wildman–Crippen LogP) is 2.28. The Labute approximate surface area is 114 Å². The van der Waals surface area contributed by atoms with Gasteiger partial charge in [0.1, 0.15) is 5.82 Å². The first kappa shape index (κ1) is 13.8. The van der Waals surface area contributed by atoms with Crippen molar-refractivity contribution in [2.75, 3.05) is 31.6 Å². The van der Waals surface area contributed by atoms with E-state index in [0.717, 1.165) is 38.3 Å². The summed E-state index contributed by atoms with van der Waals surface area (Å²) in [5.41, 5.74) is 1.08. The molecule has 1 aromatic heterocycles. The molecule has 0 unspecified atom stereocenters. The summed E-state index contributed by atoms with van der Waals surface area (Å²) in [6.07, 6.45) is 2.76. The van der Waals surface area contributed by atoms with Crippen LogP contribution in [0.2, 0.25) is 0 Å². The first-order chi connectivity index (χ1) is 9.19. The highest BCUT2D eigenvalue weighted by Crippen LogP contribution is 2.17. The van der Waals surface area contributed by atoms with Crippen LogP contribution in [0.5, 0.6) is 0 Å². The number of carbonyl (C=O) groups excluding carboxylic acids is 1. The Morgan fingerprint density at radius 2 is 2.42 bits per heavy atom. The van der Waals surface area contributed by atoms with E-state index in [-0.39, 0.29) is 6.03 Å². The van der Waals surface area contributed by atoms with E-state index in [9.17, 15) is 4.79 Å². The standard InChI is InChI=1S/C14H21N3O2/c1-3-19-10-12-6-7-17(9-12)14(18)16-13-5-4-11(2)8-15-13/h4-5,8,12H,3,6-7,9-10H2,1-2H3,(H,15,16,18)/t12-/m1/s1. The summed E-state index contributed by atoms with van der Waals surface area (Å²) >= 11 is 0. The Morgan fingerprint density at radius 1 is 1.58 bits per heavy atom. The van der Waals surface area contributed by atoms with Crippen molar-refractivity contribution in [3.63, 3.8) is 0 Å². The van der Waals surface area contributed by atoms with Gasteiger partial charge in [-0.2, -0.15) is 0 Å². The zero-order chi connectivity index (χ0) is 13.7. The van der Waals surface area contributed by atoms with Crippen molar-refractivity contribution in [3.05, 3.63) is 23.9 Å². The number of rotatable bonds is 4. The average molecular weight is 263 g/mol. The van der Waals surface area contributed by atoms with Crippen LogP contribution >= 0.6 is 0 Å². The maximum atomic E-state index is 12.1. The average Bonchev–Trinajstić information content (AvgIpc) is 2.88. The Hall–Kier alpha value is -1.62. The van der Waals surface area contributed by atoms with Crippen molar-refractivity contribution >= 4 is 11.8 Å². The number of likely N-dealkylation sites (tertiary alicyclic amines) is 1. The molecule has 2 heterocycles. The highest BCUT2D eigenvalue weighted by molar-refractivity contribution is 5.88. The van der Waals surface area contributed by atoms with Gasteiger partial charge in [-0.1, -0.05) is 6.07 Å². The van der Waals surface area contributed by atoms with E-state index in [2.05, 4.69) is 10.3 Å². The van der Waals surface area contributed by atoms with Crippen LogP contribution in [0.4, 0.5) is 10.6 Å². The molecule has 0 bridgehead atoms. The van der Waals surface area contributed by atoms with Gasteiger partial charge in [0.25, 0.3) is 0 Å². The number of urea groups is 1. The van der Waals surface area contributed by atoms with Crippen LogP contribution in [0.15, 0.2) is 18.3 Å². The second-order valence-corrected chi connectivity index (χ2v) is 4.91. The fourth-order valence-corrected chi connectivity index (χ4v) is 2.17. The Bertz CT molecular complexity index is 419. The minimum absolute atomic E-state index is 0.0737.